The third-order valence-corrected chi connectivity index (χ3v) is 3.79. The van der Waals surface area contributed by atoms with Gasteiger partial charge in [-0.2, -0.15) is 0 Å². The summed E-state index contributed by atoms with van der Waals surface area (Å²) in [6, 6.07) is 10.7. The Labute approximate surface area is 133 Å². The number of aromatic nitrogens is 1. The van der Waals surface area contributed by atoms with Crippen molar-refractivity contribution in [3.63, 3.8) is 0 Å². The quantitative estimate of drug-likeness (QED) is 0.733. The number of methoxy groups -OCH3 is 3. The smallest absolute Gasteiger partial charge is 0.198 e. The van der Waals surface area contributed by atoms with Gasteiger partial charge in [-0.25, -0.2) is 0 Å². The van der Waals surface area contributed by atoms with Crippen LogP contribution >= 0.6 is 0 Å². The van der Waals surface area contributed by atoms with Crippen molar-refractivity contribution in [1.29, 1.82) is 0 Å². The van der Waals surface area contributed by atoms with Gasteiger partial charge in [0.2, 0.25) is 0 Å². The largest absolute Gasteiger partial charge is 0.497 e. The lowest BCUT2D eigenvalue weighted by molar-refractivity contribution is 0.103. The summed E-state index contributed by atoms with van der Waals surface area (Å²) in [6.07, 6.45) is 1.70. The van der Waals surface area contributed by atoms with Gasteiger partial charge in [0.25, 0.3) is 0 Å². The van der Waals surface area contributed by atoms with Gasteiger partial charge in [-0.3, -0.25) is 4.79 Å². The number of ketones is 1. The molecule has 1 aromatic heterocycles. The van der Waals surface area contributed by atoms with E-state index in [9.17, 15) is 4.79 Å². The molecule has 0 aliphatic carbocycles. The highest BCUT2D eigenvalue weighted by Gasteiger charge is 2.19. The standard InChI is InChI=1S/C18H17NO4/c1-21-11-5-7-16-14(8-11)15(10-19-16)18(20)13-6-4-12(22-2)9-17(13)23-3/h4-10,19H,1-3H3. The average molecular weight is 311 g/mol. The van der Waals surface area contributed by atoms with Crippen LogP contribution in [-0.4, -0.2) is 32.1 Å². The molecule has 0 amide bonds. The SMILES string of the molecule is COc1ccc(C(=O)c2c[nH]c3ccc(OC)cc23)c(OC)c1. The number of hydrogen-bond donors (Lipinski definition) is 1. The second-order valence-electron chi connectivity index (χ2n) is 5.01. The molecule has 23 heavy (non-hydrogen) atoms. The fourth-order valence-corrected chi connectivity index (χ4v) is 2.55. The van der Waals surface area contributed by atoms with Crippen molar-refractivity contribution in [3.8, 4) is 17.2 Å². The summed E-state index contributed by atoms with van der Waals surface area (Å²) in [5.41, 5.74) is 1.93. The van der Waals surface area contributed by atoms with Gasteiger partial charge in [-0.1, -0.05) is 0 Å². The van der Waals surface area contributed by atoms with Crippen LogP contribution < -0.4 is 14.2 Å². The van der Waals surface area contributed by atoms with E-state index in [4.69, 9.17) is 14.2 Å². The fourth-order valence-electron chi connectivity index (χ4n) is 2.55. The van der Waals surface area contributed by atoms with Crippen LogP contribution in [0.4, 0.5) is 0 Å². The minimum Gasteiger partial charge on any atom is -0.497 e. The van der Waals surface area contributed by atoms with Crippen molar-refractivity contribution >= 4 is 16.7 Å². The first-order valence-electron chi connectivity index (χ1n) is 7.09. The summed E-state index contributed by atoms with van der Waals surface area (Å²) in [6.45, 7) is 0. The number of rotatable bonds is 5. The molecule has 0 aliphatic rings. The molecule has 3 rings (SSSR count). The predicted octanol–water partition coefficient (Wildman–Crippen LogP) is 3.42. The van der Waals surface area contributed by atoms with Crippen LogP contribution in [0.3, 0.4) is 0 Å². The summed E-state index contributed by atoms with van der Waals surface area (Å²) in [4.78, 5) is 16.0. The summed E-state index contributed by atoms with van der Waals surface area (Å²) < 4.78 is 15.7. The minimum absolute atomic E-state index is 0.121. The number of benzene rings is 2. The summed E-state index contributed by atoms with van der Waals surface area (Å²) in [5, 5.41) is 0.812. The Morgan fingerprint density at radius 3 is 2.26 bits per heavy atom. The van der Waals surface area contributed by atoms with E-state index < -0.39 is 0 Å². The first-order chi connectivity index (χ1) is 11.2. The van der Waals surface area contributed by atoms with Gasteiger partial charge >= 0.3 is 0 Å². The van der Waals surface area contributed by atoms with Gasteiger partial charge in [-0.05, 0) is 30.3 Å². The third-order valence-electron chi connectivity index (χ3n) is 3.79. The molecular formula is C18H17NO4. The number of nitrogens with one attached hydrogen (secondary N) is 1. The number of H-pyrrole nitrogens is 1. The van der Waals surface area contributed by atoms with Crippen molar-refractivity contribution in [2.75, 3.05) is 21.3 Å². The molecule has 0 unspecified atom stereocenters. The summed E-state index contributed by atoms with van der Waals surface area (Å²) >= 11 is 0. The van der Waals surface area contributed by atoms with E-state index in [1.165, 1.54) is 7.11 Å². The number of carbonyl (C=O) groups is 1. The molecule has 5 heteroatoms. The fraction of sp³-hybridized carbons (Fsp3) is 0.167. The van der Waals surface area contributed by atoms with Crippen LogP contribution in [0.25, 0.3) is 10.9 Å². The van der Waals surface area contributed by atoms with Crippen LogP contribution in [0.15, 0.2) is 42.6 Å². The van der Waals surface area contributed by atoms with E-state index in [-0.39, 0.29) is 5.78 Å². The van der Waals surface area contributed by atoms with Crippen LogP contribution in [0.2, 0.25) is 0 Å². The number of ether oxygens (including phenoxy) is 3. The number of hydrogen-bond acceptors (Lipinski definition) is 4. The van der Waals surface area contributed by atoms with E-state index in [1.54, 1.807) is 38.6 Å². The van der Waals surface area contributed by atoms with Crippen molar-refractivity contribution in [1.82, 2.24) is 4.98 Å². The molecule has 5 nitrogen and oxygen atoms in total. The molecule has 0 radical (unpaired) electrons. The zero-order valence-corrected chi connectivity index (χ0v) is 13.2. The molecule has 0 aliphatic heterocycles. The second kappa shape index (κ2) is 6.04. The zero-order valence-electron chi connectivity index (χ0n) is 13.2. The van der Waals surface area contributed by atoms with E-state index in [1.807, 2.05) is 18.2 Å². The Bertz CT molecular complexity index is 867. The first kappa shape index (κ1) is 15.0. The van der Waals surface area contributed by atoms with E-state index in [2.05, 4.69) is 4.98 Å². The lowest BCUT2D eigenvalue weighted by Gasteiger charge is -2.09. The Morgan fingerprint density at radius 2 is 1.57 bits per heavy atom. The summed E-state index contributed by atoms with van der Waals surface area (Å²) in [5.74, 6) is 1.70. The van der Waals surface area contributed by atoms with E-state index >= 15 is 0 Å². The Balaban J connectivity index is 2.10. The van der Waals surface area contributed by atoms with Crippen LogP contribution in [0.5, 0.6) is 17.2 Å². The molecule has 1 N–H and O–H groups in total. The lowest BCUT2D eigenvalue weighted by atomic mass is 10.0. The lowest BCUT2D eigenvalue weighted by Crippen LogP contribution is -2.03. The molecule has 0 bridgehead atoms. The Kier molecular flexibility index (Phi) is 3.93. The molecule has 0 saturated carbocycles. The topological polar surface area (TPSA) is 60.6 Å². The number of aromatic amines is 1. The van der Waals surface area contributed by atoms with Crippen molar-refractivity contribution in [3.05, 3.63) is 53.7 Å². The van der Waals surface area contributed by atoms with Gasteiger partial charge in [0.1, 0.15) is 17.2 Å². The van der Waals surface area contributed by atoms with Crippen LogP contribution in [-0.2, 0) is 0 Å². The molecule has 118 valence electrons. The molecule has 0 atom stereocenters. The molecular weight excluding hydrogens is 294 g/mol. The van der Waals surface area contributed by atoms with Crippen molar-refractivity contribution in [2.24, 2.45) is 0 Å². The average Bonchev–Trinajstić information content (AvgIpc) is 3.03. The van der Waals surface area contributed by atoms with Gasteiger partial charge in [0, 0.05) is 28.7 Å². The van der Waals surface area contributed by atoms with Gasteiger partial charge in [-0.15, -0.1) is 0 Å². The number of carbonyl (C=O) groups excluding carboxylic acids is 1. The normalized spacial score (nSPS) is 10.6. The minimum atomic E-state index is -0.121. The molecule has 0 saturated heterocycles. The highest BCUT2D eigenvalue weighted by atomic mass is 16.5. The Morgan fingerprint density at radius 1 is 0.870 bits per heavy atom. The molecule has 1 heterocycles. The zero-order chi connectivity index (χ0) is 16.4. The van der Waals surface area contributed by atoms with Crippen molar-refractivity contribution in [2.45, 2.75) is 0 Å². The van der Waals surface area contributed by atoms with Crippen molar-refractivity contribution < 1.29 is 19.0 Å². The summed E-state index contributed by atoms with van der Waals surface area (Å²) in [7, 11) is 4.70. The van der Waals surface area contributed by atoms with E-state index in [0.29, 0.717) is 28.4 Å². The maximum absolute atomic E-state index is 12.9. The van der Waals surface area contributed by atoms with E-state index in [0.717, 1.165) is 10.9 Å². The Hall–Kier alpha value is -2.95. The van der Waals surface area contributed by atoms with Gasteiger partial charge in [0.15, 0.2) is 5.78 Å². The molecule has 2 aromatic carbocycles. The number of fused-ring (bicyclic) bond motifs is 1. The van der Waals surface area contributed by atoms with Gasteiger partial charge in [0.05, 0.1) is 26.9 Å². The monoisotopic (exact) mass is 311 g/mol. The maximum Gasteiger partial charge on any atom is 0.198 e. The highest BCUT2D eigenvalue weighted by molar-refractivity contribution is 6.17. The molecule has 0 spiro atoms. The maximum atomic E-state index is 12.9. The second-order valence-corrected chi connectivity index (χ2v) is 5.01. The predicted molar refractivity (Wildman–Crippen MR) is 87.8 cm³/mol. The molecule has 3 aromatic rings. The first-order valence-corrected chi connectivity index (χ1v) is 7.09. The van der Waals surface area contributed by atoms with Crippen LogP contribution in [0.1, 0.15) is 15.9 Å². The van der Waals surface area contributed by atoms with Gasteiger partial charge < -0.3 is 19.2 Å². The highest BCUT2D eigenvalue weighted by Crippen LogP contribution is 2.30. The third kappa shape index (κ3) is 2.61. The molecule has 0 fully saturated rings. The van der Waals surface area contributed by atoms with Crippen LogP contribution in [0, 0.1) is 0 Å².